The number of ether oxygens (including phenoxy) is 2. The van der Waals surface area contributed by atoms with Gasteiger partial charge >= 0.3 is 5.97 Å². The Morgan fingerprint density at radius 3 is 2.75 bits per heavy atom. The molecule has 1 heterocycles. The van der Waals surface area contributed by atoms with E-state index in [1.165, 1.54) is 6.92 Å². The van der Waals surface area contributed by atoms with Crippen LogP contribution in [0.1, 0.15) is 33.6 Å². The Hall–Kier alpha value is -0.570. The highest BCUT2D eigenvalue weighted by Gasteiger charge is 2.32. The molecular weight excluding hydrogens is 156 g/mol. The summed E-state index contributed by atoms with van der Waals surface area (Å²) in [6, 6.07) is 0. The summed E-state index contributed by atoms with van der Waals surface area (Å²) in [5.74, 6) is 0.239. The predicted molar refractivity (Wildman–Crippen MR) is 44.5 cm³/mol. The first-order chi connectivity index (χ1) is 5.63. The van der Waals surface area contributed by atoms with Crippen molar-refractivity contribution < 1.29 is 14.3 Å². The number of esters is 1. The molecule has 0 aromatic rings. The number of hydrogen-bond donors (Lipinski definition) is 0. The Bertz CT molecular complexity index is 167. The van der Waals surface area contributed by atoms with Gasteiger partial charge in [0.05, 0.1) is 6.10 Å². The second-order valence-electron chi connectivity index (χ2n) is 3.33. The van der Waals surface area contributed by atoms with Crippen molar-refractivity contribution in [2.75, 3.05) is 0 Å². The van der Waals surface area contributed by atoms with Crippen LogP contribution < -0.4 is 0 Å². The van der Waals surface area contributed by atoms with Crippen molar-refractivity contribution in [3.63, 3.8) is 0 Å². The summed E-state index contributed by atoms with van der Waals surface area (Å²) >= 11 is 0. The van der Waals surface area contributed by atoms with Crippen molar-refractivity contribution in [1.29, 1.82) is 0 Å². The van der Waals surface area contributed by atoms with E-state index in [4.69, 9.17) is 9.47 Å². The van der Waals surface area contributed by atoms with Crippen molar-refractivity contribution >= 4 is 5.97 Å². The molecule has 0 spiro atoms. The summed E-state index contributed by atoms with van der Waals surface area (Å²) in [7, 11) is 0. The maximum Gasteiger partial charge on any atom is 0.304 e. The highest BCUT2D eigenvalue weighted by atomic mass is 16.7. The molecule has 0 saturated carbocycles. The first-order valence-corrected chi connectivity index (χ1v) is 4.46. The van der Waals surface area contributed by atoms with E-state index < -0.39 is 0 Å². The van der Waals surface area contributed by atoms with Crippen LogP contribution in [-0.4, -0.2) is 18.4 Å². The fourth-order valence-corrected chi connectivity index (χ4v) is 1.60. The lowest BCUT2D eigenvalue weighted by Crippen LogP contribution is -2.16. The maximum absolute atomic E-state index is 10.6. The highest BCUT2D eigenvalue weighted by molar-refractivity contribution is 5.66. The van der Waals surface area contributed by atoms with Gasteiger partial charge in [0.15, 0.2) is 0 Å². The van der Waals surface area contributed by atoms with E-state index in [1.54, 1.807) is 0 Å². The molecule has 1 aliphatic heterocycles. The quantitative estimate of drug-likeness (QED) is 0.595. The minimum absolute atomic E-state index is 0.259. The molecule has 3 heteroatoms. The van der Waals surface area contributed by atoms with Gasteiger partial charge in [-0.2, -0.15) is 0 Å². The van der Waals surface area contributed by atoms with E-state index in [0.29, 0.717) is 5.92 Å². The van der Waals surface area contributed by atoms with Crippen molar-refractivity contribution in [3.8, 4) is 0 Å². The Morgan fingerprint density at radius 1 is 1.67 bits per heavy atom. The van der Waals surface area contributed by atoms with Gasteiger partial charge in [-0.25, -0.2) is 0 Å². The molecule has 1 rings (SSSR count). The topological polar surface area (TPSA) is 35.5 Å². The summed E-state index contributed by atoms with van der Waals surface area (Å²) in [5.41, 5.74) is 0. The van der Waals surface area contributed by atoms with Crippen molar-refractivity contribution in [3.05, 3.63) is 0 Å². The zero-order valence-corrected chi connectivity index (χ0v) is 7.87. The fraction of sp³-hybridized carbons (Fsp3) is 0.889. The lowest BCUT2D eigenvalue weighted by Gasteiger charge is -2.12. The molecular formula is C9H16O3. The Kier molecular flexibility index (Phi) is 3.09. The zero-order valence-electron chi connectivity index (χ0n) is 7.87. The van der Waals surface area contributed by atoms with Gasteiger partial charge < -0.3 is 9.47 Å². The molecule has 0 N–H and O–H groups in total. The molecule has 0 radical (unpaired) electrons. The average molecular weight is 172 g/mol. The molecule has 0 aromatic heterocycles. The van der Waals surface area contributed by atoms with Gasteiger partial charge in [0.2, 0.25) is 6.29 Å². The largest absolute Gasteiger partial charge is 0.436 e. The Balaban J connectivity index is 2.37. The van der Waals surface area contributed by atoms with Crippen LogP contribution in [0.4, 0.5) is 0 Å². The van der Waals surface area contributed by atoms with Crippen LogP contribution in [-0.2, 0) is 14.3 Å². The molecule has 1 saturated heterocycles. The highest BCUT2D eigenvalue weighted by Crippen LogP contribution is 2.28. The summed E-state index contributed by atoms with van der Waals surface area (Å²) < 4.78 is 10.4. The molecule has 0 aliphatic carbocycles. The van der Waals surface area contributed by atoms with Crippen LogP contribution in [0.5, 0.6) is 0 Å². The van der Waals surface area contributed by atoms with Crippen molar-refractivity contribution in [2.24, 2.45) is 5.92 Å². The Labute approximate surface area is 73.0 Å². The molecule has 0 unspecified atom stereocenters. The Morgan fingerprint density at radius 2 is 2.33 bits per heavy atom. The first-order valence-electron chi connectivity index (χ1n) is 4.46. The molecule has 1 aliphatic rings. The van der Waals surface area contributed by atoms with E-state index in [0.717, 1.165) is 12.8 Å². The summed E-state index contributed by atoms with van der Waals surface area (Å²) in [6.45, 7) is 5.61. The van der Waals surface area contributed by atoms with Gasteiger partial charge in [0.1, 0.15) is 0 Å². The number of hydrogen-bond acceptors (Lipinski definition) is 3. The summed E-state index contributed by atoms with van der Waals surface area (Å²) in [4.78, 5) is 10.6. The normalized spacial score (nSPS) is 35.1. The molecule has 0 amide bonds. The van der Waals surface area contributed by atoms with Gasteiger partial charge in [-0.3, -0.25) is 4.79 Å². The molecule has 3 atom stereocenters. The predicted octanol–water partition coefficient (Wildman–Crippen LogP) is 1.71. The average Bonchev–Trinajstić information content (AvgIpc) is 2.29. The van der Waals surface area contributed by atoms with E-state index >= 15 is 0 Å². The SMILES string of the molecule is CC[C@H]1O[C@H](OC(C)=O)C[C@H]1C. The van der Waals surface area contributed by atoms with Gasteiger partial charge in [-0.1, -0.05) is 13.8 Å². The molecule has 12 heavy (non-hydrogen) atoms. The van der Waals surface area contributed by atoms with Crippen LogP contribution in [0.25, 0.3) is 0 Å². The second-order valence-corrected chi connectivity index (χ2v) is 3.33. The fourth-order valence-electron chi connectivity index (χ4n) is 1.60. The monoisotopic (exact) mass is 172 g/mol. The third kappa shape index (κ3) is 2.21. The smallest absolute Gasteiger partial charge is 0.304 e. The number of carbonyl (C=O) groups excluding carboxylic acids is 1. The zero-order chi connectivity index (χ0) is 9.14. The standard InChI is InChI=1S/C9H16O3/c1-4-8-6(2)5-9(12-8)11-7(3)10/h6,8-9H,4-5H2,1-3H3/t6-,8-,9+/m1/s1. The van der Waals surface area contributed by atoms with Crippen LogP contribution in [0.15, 0.2) is 0 Å². The van der Waals surface area contributed by atoms with E-state index in [-0.39, 0.29) is 18.4 Å². The van der Waals surface area contributed by atoms with Crippen LogP contribution in [0.2, 0.25) is 0 Å². The van der Waals surface area contributed by atoms with E-state index in [2.05, 4.69) is 13.8 Å². The van der Waals surface area contributed by atoms with E-state index in [1.807, 2.05) is 0 Å². The van der Waals surface area contributed by atoms with Crippen molar-refractivity contribution in [1.82, 2.24) is 0 Å². The van der Waals surface area contributed by atoms with Crippen LogP contribution in [0.3, 0.4) is 0 Å². The molecule has 70 valence electrons. The summed E-state index contributed by atoms with van der Waals surface area (Å²) in [5, 5.41) is 0. The number of rotatable bonds is 2. The van der Waals surface area contributed by atoms with Gasteiger partial charge in [0.25, 0.3) is 0 Å². The lowest BCUT2D eigenvalue weighted by atomic mass is 10.0. The van der Waals surface area contributed by atoms with Gasteiger partial charge in [-0.15, -0.1) is 0 Å². The second kappa shape index (κ2) is 3.90. The molecule has 1 fully saturated rings. The molecule has 0 aromatic carbocycles. The van der Waals surface area contributed by atoms with Crippen molar-refractivity contribution in [2.45, 2.75) is 46.0 Å². The maximum atomic E-state index is 10.6. The summed E-state index contributed by atoms with van der Waals surface area (Å²) in [6.07, 6.45) is 1.77. The van der Waals surface area contributed by atoms with E-state index in [9.17, 15) is 4.79 Å². The third-order valence-electron chi connectivity index (χ3n) is 2.23. The minimum atomic E-state index is -0.303. The van der Waals surface area contributed by atoms with Gasteiger partial charge in [0, 0.05) is 13.3 Å². The molecule has 0 bridgehead atoms. The third-order valence-corrected chi connectivity index (χ3v) is 2.23. The van der Waals surface area contributed by atoms with Gasteiger partial charge in [-0.05, 0) is 12.3 Å². The minimum Gasteiger partial charge on any atom is -0.436 e. The van der Waals surface area contributed by atoms with Crippen LogP contribution >= 0.6 is 0 Å². The molecule has 3 nitrogen and oxygen atoms in total. The lowest BCUT2D eigenvalue weighted by molar-refractivity contribution is -0.172. The number of carbonyl (C=O) groups is 1. The first kappa shape index (κ1) is 9.52. The van der Waals surface area contributed by atoms with Crippen LogP contribution in [0, 0.1) is 5.92 Å².